The highest BCUT2D eigenvalue weighted by Gasteiger charge is 2.15. The maximum absolute atomic E-state index is 13.7. The summed E-state index contributed by atoms with van der Waals surface area (Å²) in [6.07, 6.45) is 0. The van der Waals surface area contributed by atoms with E-state index in [4.69, 9.17) is 16.3 Å². The Morgan fingerprint density at radius 2 is 2.00 bits per heavy atom. The zero-order valence-corrected chi connectivity index (χ0v) is 9.99. The van der Waals surface area contributed by atoms with Gasteiger partial charge in [0.15, 0.2) is 11.6 Å². The summed E-state index contributed by atoms with van der Waals surface area (Å²) in [4.78, 5) is 0. The van der Waals surface area contributed by atoms with Crippen LogP contribution in [-0.4, -0.2) is 21.9 Å². The van der Waals surface area contributed by atoms with Gasteiger partial charge in [-0.3, -0.25) is 4.57 Å². The standard InChI is InChI=1S/C11H11ClFN3O/c1-17-7-11-15-14-10(6-12)16(11)9-5-3-2-4-8(9)13/h2-5H,6-7H2,1H3. The summed E-state index contributed by atoms with van der Waals surface area (Å²) < 4.78 is 20.3. The van der Waals surface area contributed by atoms with Crippen molar-refractivity contribution in [2.75, 3.05) is 7.11 Å². The summed E-state index contributed by atoms with van der Waals surface area (Å²) in [6.45, 7) is 0.248. The normalized spacial score (nSPS) is 10.8. The van der Waals surface area contributed by atoms with Crippen LogP contribution in [0, 0.1) is 5.82 Å². The Hall–Kier alpha value is -1.46. The first kappa shape index (κ1) is 12.0. The summed E-state index contributed by atoms with van der Waals surface area (Å²) in [5.74, 6) is 0.818. The minimum atomic E-state index is -0.351. The fourth-order valence-corrected chi connectivity index (χ4v) is 1.75. The Labute approximate surface area is 103 Å². The third kappa shape index (κ3) is 2.30. The van der Waals surface area contributed by atoms with Crippen molar-refractivity contribution in [3.63, 3.8) is 0 Å². The van der Waals surface area contributed by atoms with Gasteiger partial charge in [0.1, 0.15) is 12.4 Å². The Morgan fingerprint density at radius 1 is 1.29 bits per heavy atom. The smallest absolute Gasteiger partial charge is 0.163 e. The molecule has 1 aromatic heterocycles. The highest BCUT2D eigenvalue weighted by atomic mass is 35.5. The maximum atomic E-state index is 13.7. The van der Waals surface area contributed by atoms with E-state index in [1.807, 2.05) is 0 Å². The van der Waals surface area contributed by atoms with Gasteiger partial charge in [-0.05, 0) is 12.1 Å². The highest BCUT2D eigenvalue weighted by molar-refractivity contribution is 6.16. The van der Waals surface area contributed by atoms with E-state index in [9.17, 15) is 4.39 Å². The van der Waals surface area contributed by atoms with E-state index in [-0.39, 0.29) is 18.3 Å². The van der Waals surface area contributed by atoms with Crippen LogP contribution in [0.5, 0.6) is 0 Å². The lowest BCUT2D eigenvalue weighted by Crippen LogP contribution is -2.07. The van der Waals surface area contributed by atoms with E-state index in [1.54, 1.807) is 29.9 Å². The highest BCUT2D eigenvalue weighted by Crippen LogP contribution is 2.18. The molecule has 1 heterocycles. The summed E-state index contributed by atoms with van der Waals surface area (Å²) in [5.41, 5.74) is 0.375. The molecule has 17 heavy (non-hydrogen) atoms. The predicted molar refractivity (Wildman–Crippen MR) is 61.6 cm³/mol. The molecular formula is C11H11ClFN3O. The van der Waals surface area contributed by atoms with Crippen LogP contribution >= 0.6 is 11.6 Å². The lowest BCUT2D eigenvalue weighted by molar-refractivity contribution is 0.176. The molecule has 0 spiro atoms. The first-order chi connectivity index (χ1) is 8.27. The monoisotopic (exact) mass is 255 g/mol. The van der Waals surface area contributed by atoms with E-state index in [0.717, 1.165) is 0 Å². The third-order valence-corrected chi connectivity index (χ3v) is 2.52. The number of para-hydroxylation sites is 1. The molecule has 1 aromatic carbocycles. The molecule has 0 saturated heterocycles. The van der Waals surface area contributed by atoms with Crippen LogP contribution in [0.25, 0.3) is 5.69 Å². The summed E-state index contributed by atoms with van der Waals surface area (Å²) >= 11 is 5.76. The second-order valence-corrected chi connectivity index (χ2v) is 3.65. The zero-order valence-electron chi connectivity index (χ0n) is 9.23. The quantitative estimate of drug-likeness (QED) is 0.787. The lowest BCUT2D eigenvalue weighted by Gasteiger charge is -2.09. The molecule has 0 unspecified atom stereocenters. The molecule has 4 nitrogen and oxygen atoms in total. The van der Waals surface area contributed by atoms with E-state index in [1.165, 1.54) is 6.07 Å². The van der Waals surface area contributed by atoms with Crippen molar-refractivity contribution in [1.82, 2.24) is 14.8 Å². The van der Waals surface area contributed by atoms with Crippen molar-refractivity contribution in [2.45, 2.75) is 12.5 Å². The Morgan fingerprint density at radius 3 is 2.65 bits per heavy atom. The number of ether oxygens (including phenoxy) is 1. The van der Waals surface area contributed by atoms with Gasteiger partial charge in [0.2, 0.25) is 0 Å². The molecule has 0 radical (unpaired) electrons. The van der Waals surface area contributed by atoms with Gasteiger partial charge in [-0.25, -0.2) is 4.39 Å². The Kier molecular flexibility index (Phi) is 3.71. The topological polar surface area (TPSA) is 39.9 Å². The molecular weight excluding hydrogens is 245 g/mol. The number of aromatic nitrogens is 3. The molecule has 2 rings (SSSR count). The average molecular weight is 256 g/mol. The van der Waals surface area contributed by atoms with Gasteiger partial charge in [-0.2, -0.15) is 0 Å². The van der Waals surface area contributed by atoms with Crippen molar-refractivity contribution >= 4 is 11.6 Å². The number of methoxy groups -OCH3 is 1. The third-order valence-electron chi connectivity index (χ3n) is 2.28. The van der Waals surface area contributed by atoms with Crippen LogP contribution in [-0.2, 0) is 17.2 Å². The molecule has 0 bridgehead atoms. The van der Waals surface area contributed by atoms with Gasteiger partial charge in [-0.1, -0.05) is 12.1 Å². The Balaban J connectivity index is 2.56. The van der Waals surface area contributed by atoms with Gasteiger partial charge < -0.3 is 4.74 Å². The molecule has 0 aliphatic rings. The number of halogens is 2. The number of alkyl halides is 1. The average Bonchev–Trinajstić information content (AvgIpc) is 2.73. The van der Waals surface area contributed by atoms with Gasteiger partial charge in [-0.15, -0.1) is 21.8 Å². The van der Waals surface area contributed by atoms with Crippen molar-refractivity contribution in [3.05, 3.63) is 41.7 Å². The minimum absolute atomic E-state index is 0.158. The summed E-state index contributed by atoms with van der Waals surface area (Å²) in [7, 11) is 1.54. The van der Waals surface area contributed by atoms with Crippen LogP contribution in [0.1, 0.15) is 11.6 Å². The number of nitrogens with zero attached hydrogens (tertiary/aromatic N) is 3. The molecule has 0 N–H and O–H groups in total. The fraction of sp³-hybridized carbons (Fsp3) is 0.273. The second-order valence-electron chi connectivity index (χ2n) is 3.39. The van der Waals surface area contributed by atoms with Crippen LogP contribution < -0.4 is 0 Å². The maximum Gasteiger partial charge on any atom is 0.163 e. The number of benzene rings is 1. The van der Waals surface area contributed by atoms with Gasteiger partial charge in [0, 0.05) is 7.11 Å². The number of hydrogen-bond donors (Lipinski definition) is 0. The van der Waals surface area contributed by atoms with E-state index >= 15 is 0 Å². The SMILES string of the molecule is COCc1nnc(CCl)n1-c1ccccc1F. The van der Waals surface area contributed by atoms with Crippen LogP contribution in [0.2, 0.25) is 0 Å². The molecule has 0 aliphatic heterocycles. The first-order valence-electron chi connectivity index (χ1n) is 5.01. The Bertz CT molecular complexity index is 515. The lowest BCUT2D eigenvalue weighted by atomic mass is 10.3. The van der Waals surface area contributed by atoms with Gasteiger partial charge in [0.05, 0.1) is 11.6 Å². The molecule has 0 saturated carbocycles. The molecule has 0 aliphatic carbocycles. The molecule has 0 amide bonds. The van der Waals surface area contributed by atoms with Crippen LogP contribution in [0.4, 0.5) is 4.39 Å². The summed E-state index contributed by atoms with van der Waals surface area (Å²) in [5, 5.41) is 7.84. The van der Waals surface area contributed by atoms with Crippen LogP contribution in [0.3, 0.4) is 0 Å². The van der Waals surface area contributed by atoms with Gasteiger partial charge in [0.25, 0.3) is 0 Å². The molecule has 0 fully saturated rings. The van der Waals surface area contributed by atoms with Crippen molar-refractivity contribution < 1.29 is 9.13 Å². The van der Waals surface area contributed by atoms with E-state index in [2.05, 4.69) is 10.2 Å². The van der Waals surface area contributed by atoms with Crippen molar-refractivity contribution in [1.29, 1.82) is 0 Å². The molecule has 90 valence electrons. The van der Waals surface area contributed by atoms with Crippen molar-refractivity contribution in [3.8, 4) is 5.69 Å². The predicted octanol–water partition coefficient (Wildman–Crippen LogP) is 2.29. The van der Waals surface area contributed by atoms with E-state index < -0.39 is 0 Å². The summed E-state index contributed by atoms with van der Waals surface area (Å²) in [6, 6.07) is 6.39. The molecule has 2 aromatic rings. The fourth-order valence-electron chi connectivity index (χ4n) is 1.57. The second kappa shape index (κ2) is 5.25. The number of hydrogen-bond acceptors (Lipinski definition) is 3. The van der Waals surface area contributed by atoms with E-state index in [0.29, 0.717) is 17.3 Å². The van der Waals surface area contributed by atoms with Crippen molar-refractivity contribution in [2.24, 2.45) is 0 Å². The molecule has 0 atom stereocenters. The largest absolute Gasteiger partial charge is 0.377 e. The zero-order chi connectivity index (χ0) is 12.3. The minimum Gasteiger partial charge on any atom is -0.377 e. The molecule has 6 heteroatoms. The van der Waals surface area contributed by atoms with Gasteiger partial charge >= 0.3 is 0 Å². The number of rotatable bonds is 4. The first-order valence-corrected chi connectivity index (χ1v) is 5.54. The van der Waals surface area contributed by atoms with Crippen LogP contribution in [0.15, 0.2) is 24.3 Å².